The monoisotopic (exact) mass is 266 g/mol. The summed E-state index contributed by atoms with van der Waals surface area (Å²) < 4.78 is 24.0. The van der Waals surface area contributed by atoms with Gasteiger partial charge in [-0.15, -0.1) is 0 Å². The molecule has 0 aliphatic carbocycles. The Labute approximate surface area is 113 Å². The second kappa shape index (κ2) is 8.52. The van der Waals surface area contributed by atoms with E-state index in [2.05, 4.69) is 25.7 Å². The predicted octanol–water partition coefficient (Wildman–Crippen LogP) is 2.22. The summed E-state index contributed by atoms with van der Waals surface area (Å²) in [6.45, 7) is 5.34. The predicted molar refractivity (Wildman–Crippen MR) is 71.5 cm³/mol. The van der Waals surface area contributed by atoms with Crippen molar-refractivity contribution in [2.75, 3.05) is 26.4 Å². The van der Waals surface area contributed by atoms with Crippen LogP contribution in [0.3, 0.4) is 0 Å². The van der Waals surface area contributed by atoms with Crippen LogP contribution in [0.15, 0.2) is 18.2 Å². The number of aliphatic hydroxyl groups excluding tert-OH is 1. The molecule has 0 bridgehead atoms. The van der Waals surface area contributed by atoms with E-state index in [0.29, 0.717) is 37.1 Å². The summed E-state index contributed by atoms with van der Waals surface area (Å²) in [5, 5.41) is 8.66. The number of rotatable bonds is 6. The fourth-order valence-electron chi connectivity index (χ4n) is 1.38. The molecule has 19 heavy (non-hydrogen) atoms. The number of ether oxygens (including phenoxy) is 2. The van der Waals surface area contributed by atoms with E-state index in [1.165, 1.54) is 18.2 Å². The number of aliphatic hydroxyl groups is 1. The minimum absolute atomic E-state index is 0.242. The van der Waals surface area contributed by atoms with E-state index in [4.69, 9.17) is 14.6 Å². The van der Waals surface area contributed by atoms with Gasteiger partial charge < -0.3 is 14.6 Å². The minimum Gasteiger partial charge on any atom is -0.490 e. The third kappa shape index (κ3) is 6.23. The van der Waals surface area contributed by atoms with Crippen LogP contribution in [0.4, 0.5) is 4.39 Å². The van der Waals surface area contributed by atoms with Gasteiger partial charge in [-0.2, -0.15) is 0 Å². The van der Waals surface area contributed by atoms with E-state index in [1.807, 2.05) is 0 Å². The molecule has 0 aromatic heterocycles. The van der Waals surface area contributed by atoms with Gasteiger partial charge in [0.2, 0.25) is 0 Å². The molecule has 0 fully saturated rings. The maximum absolute atomic E-state index is 13.1. The molecule has 1 N–H and O–H groups in total. The molecular formula is C15H19FO3. The van der Waals surface area contributed by atoms with Crippen LogP contribution in [0.1, 0.15) is 19.4 Å². The summed E-state index contributed by atoms with van der Waals surface area (Å²) in [5.74, 6) is 5.69. The van der Waals surface area contributed by atoms with Gasteiger partial charge in [-0.25, -0.2) is 4.39 Å². The highest BCUT2D eigenvalue weighted by atomic mass is 19.1. The summed E-state index contributed by atoms with van der Waals surface area (Å²) in [6.07, 6.45) is 0. The lowest BCUT2D eigenvalue weighted by atomic mass is 10.2. The lowest BCUT2D eigenvalue weighted by molar-refractivity contribution is 0.0817. The Bertz CT molecular complexity index is 446. The zero-order chi connectivity index (χ0) is 14.1. The highest BCUT2D eigenvalue weighted by molar-refractivity contribution is 5.46. The van der Waals surface area contributed by atoms with Crippen LogP contribution in [0.5, 0.6) is 5.75 Å². The molecule has 0 saturated heterocycles. The fourth-order valence-corrected chi connectivity index (χ4v) is 1.38. The van der Waals surface area contributed by atoms with Crippen molar-refractivity contribution in [2.45, 2.75) is 13.8 Å². The second-order valence-electron chi connectivity index (χ2n) is 4.42. The van der Waals surface area contributed by atoms with Gasteiger partial charge in [0.1, 0.15) is 24.8 Å². The zero-order valence-corrected chi connectivity index (χ0v) is 11.3. The number of halogens is 1. The maximum atomic E-state index is 13.1. The Balaban J connectivity index is 2.53. The van der Waals surface area contributed by atoms with Crippen molar-refractivity contribution in [3.63, 3.8) is 0 Å². The molecular weight excluding hydrogens is 247 g/mol. The van der Waals surface area contributed by atoms with E-state index in [-0.39, 0.29) is 12.4 Å². The van der Waals surface area contributed by atoms with Crippen molar-refractivity contribution >= 4 is 0 Å². The first kappa shape index (κ1) is 15.5. The first-order valence-corrected chi connectivity index (χ1v) is 6.23. The van der Waals surface area contributed by atoms with E-state index in [9.17, 15) is 4.39 Å². The van der Waals surface area contributed by atoms with Gasteiger partial charge in [0.25, 0.3) is 0 Å². The van der Waals surface area contributed by atoms with Crippen LogP contribution in [-0.4, -0.2) is 31.5 Å². The molecule has 104 valence electrons. The molecule has 0 spiro atoms. The molecule has 0 saturated carbocycles. The van der Waals surface area contributed by atoms with Gasteiger partial charge in [0.15, 0.2) is 0 Å². The van der Waals surface area contributed by atoms with Crippen molar-refractivity contribution in [3.8, 4) is 17.6 Å². The molecule has 0 aliphatic rings. The van der Waals surface area contributed by atoms with Crippen molar-refractivity contribution in [3.05, 3.63) is 29.6 Å². The number of hydrogen-bond donors (Lipinski definition) is 1. The lowest BCUT2D eigenvalue weighted by Gasteiger charge is -2.10. The molecule has 4 heteroatoms. The van der Waals surface area contributed by atoms with Crippen molar-refractivity contribution in [2.24, 2.45) is 5.92 Å². The Morgan fingerprint density at radius 2 is 2.11 bits per heavy atom. The van der Waals surface area contributed by atoms with Gasteiger partial charge in [-0.05, 0) is 18.1 Å². The number of benzene rings is 1. The first-order valence-electron chi connectivity index (χ1n) is 6.23. The second-order valence-corrected chi connectivity index (χ2v) is 4.42. The van der Waals surface area contributed by atoms with Crippen molar-refractivity contribution < 1.29 is 19.0 Å². The molecule has 1 rings (SSSR count). The van der Waals surface area contributed by atoms with Crippen molar-refractivity contribution in [1.29, 1.82) is 0 Å². The quantitative estimate of drug-likeness (QED) is 0.634. The zero-order valence-electron chi connectivity index (χ0n) is 11.3. The standard InChI is InChI=1S/C15H19FO3/c1-12(2)11-18-8-9-19-15-10-14(16)6-5-13(15)4-3-7-17/h5-6,10,12,17H,7-9,11H2,1-2H3. The van der Waals surface area contributed by atoms with E-state index in [1.54, 1.807) is 0 Å². The summed E-state index contributed by atoms with van der Waals surface area (Å²) >= 11 is 0. The largest absolute Gasteiger partial charge is 0.490 e. The average Bonchev–Trinajstić information content (AvgIpc) is 2.37. The molecule has 3 nitrogen and oxygen atoms in total. The third-order valence-electron chi connectivity index (χ3n) is 2.18. The molecule has 0 heterocycles. The molecule has 0 atom stereocenters. The van der Waals surface area contributed by atoms with Crippen LogP contribution in [0, 0.1) is 23.6 Å². The minimum atomic E-state index is -0.382. The first-order chi connectivity index (χ1) is 9.13. The maximum Gasteiger partial charge on any atom is 0.137 e. The normalized spacial score (nSPS) is 10.2. The Hall–Kier alpha value is -1.57. The Morgan fingerprint density at radius 3 is 2.79 bits per heavy atom. The van der Waals surface area contributed by atoms with Crippen LogP contribution >= 0.6 is 0 Å². The molecule has 1 aromatic rings. The smallest absolute Gasteiger partial charge is 0.137 e. The summed E-state index contributed by atoms with van der Waals surface area (Å²) in [4.78, 5) is 0. The Morgan fingerprint density at radius 1 is 1.32 bits per heavy atom. The molecule has 0 aliphatic heterocycles. The highest BCUT2D eigenvalue weighted by Gasteiger charge is 2.03. The molecule has 0 radical (unpaired) electrons. The van der Waals surface area contributed by atoms with Crippen molar-refractivity contribution in [1.82, 2.24) is 0 Å². The highest BCUT2D eigenvalue weighted by Crippen LogP contribution is 2.18. The fraction of sp³-hybridized carbons (Fsp3) is 0.467. The van der Waals surface area contributed by atoms with Crippen LogP contribution in [0.25, 0.3) is 0 Å². The van der Waals surface area contributed by atoms with Gasteiger partial charge in [-0.1, -0.05) is 25.7 Å². The SMILES string of the molecule is CC(C)COCCOc1cc(F)ccc1C#CCO. The van der Waals surface area contributed by atoms with Gasteiger partial charge in [-0.3, -0.25) is 0 Å². The van der Waals surface area contributed by atoms with Gasteiger partial charge in [0, 0.05) is 12.7 Å². The van der Waals surface area contributed by atoms with Gasteiger partial charge in [0.05, 0.1) is 12.2 Å². The van der Waals surface area contributed by atoms with Crippen LogP contribution in [-0.2, 0) is 4.74 Å². The molecule has 1 aromatic carbocycles. The average molecular weight is 266 g/mol. The summed E-state index contributed by atoms with van der Waals surface area (Å²) in [7, 11) is 0. The van der Waals surface area contributed by atoms with E-state index >= 15 is 0 Å². The van der Waals surface area contributed by atoms with Crippen LogP contribution < -0.4 is 4.74 Å². The van der Waals surface area contributed by atoms with Gasteiger partial charge >= 0.3 is 0 Å². The number of hydrogen-bond acceptors (Lipinski definition) is 3. The van der Waals surface area contributed by atoms with Crippen LogP contribution in [0.2, 0.25) is 0 Å². The third-order valence-corrected chi connectivity index (χ3v) is 2.18. The molecule has 0 amide bonds. The summed E-state index contributed by atoms with van der Waals surface area (Å²) in [5.41, 5.74) is 0.555. The topological polar surface area (TPSA) is 38.7 Å². The van der Waals surface area contributed by atoms with E-state index < -0.39 is 0 Å². The molecule has 0 unspecified atom stereocenters. The Kier molecular flexibility index (Phi) is 6.94. The lowest BCUT2D eigenvalue weighted by Crippen LogP contribution is -2.10. The van der Waals surface area contributed by atoms with E-state index in [0.717, 1.165) is 0 Å². The summed E-state index contributed by atoms with van der Waals surface area (Å²) in [6, 6.07) is 4.12.